The number of carbonyl (C=O) groups is 1. The van der Waals surface area contributed by atoms with Crippen LogP contribution in [0.5, 0.6) is 5.75 Å². The predicted octanol–water partition coefficient (Wildman–Crippen LogP) is 4.42. The van der Waals surface area contributed by atoms with E-state index < -0.39 is 11.6 Å². The highest BCUT2D eigenvalue weighted by Crippen LogP contribution is 2.60. The molecule has 118 valence electrons. The third-order valence-electron chi connectivity index (χ3n) is 6.49. The molecule has 4 heteroatoms. The van der Waals surface area contributed by atoms with Gasteiger partial charge >= 0.3 is 0 Å². The van der Waals surface area contributed by atoms with Gasteiger partial charge in [0.05, 0.1) is 5.02 Å². The van der Waals surface area contributed by atoms with Crippen LogP contribution in [0, 0.1) is 17.3 Å². The summed E-state index contributed by atoms with van der Waals surface area (Å²) in [5.41, 5.74) is 1.89. The van der Waals surface area contributed by atoms with Crippen molar-refractivity contribution in [2.45, 2.75) is 51.1 Å². The van der Waals surface area contributed by atoms with Crippen LogP contribution in [0.1, 0.15) is 49.7 Å². The van der Waals surface area contributed by atoms with Crippen LogP contribution in [-0.2, 0) is 11.2 Å². The molecule has 0 spiro atoms. The second-order valence-electron chi connectivity index (χ2n) is 7.44. The first-order valence-corrected chi connectivity index (χ1v) is 8.49. The average molecular weight is 323 g/mol. The number of phenols is 1. The van der Waals surface area contributed by atoms with Crippen LogP contribution in [0.3, 0.4) is 0 Å². The molecule has 3 aliphatic rings. The molecule has 1 unspecified atom stereocenters. The van der Waals surface area contributed by atoms with Gasteiger partial charge < -0.3 is 5.11 Å². The summed E-state index contributed by atoms with van der Waals surface area (Å²) < 4.78 is 14.0. The number of hydrogen-bond acceptors (Lipinski definition) is 2. The normalized spacial score (nSPS) is 40.0. The lowest BCUT2D eigenvalue weighted by Crippen LogP contribution is -2.42. The maximum atomic E-state index is 14.0. The number of halogens is 2. The van der Waals surface area contributed by atoms with Crippen LogP contribution in [0.2, 0.25) is 5.02 Å². The Morgan fingerprint density at radius 1 is 1.36 bits per heavy atom. The fourth-order valence-electron chi connectivity index (χ4n) is 5.33. The number of rotatable bonds is 0. The van der Waals surface area contributed by atoms with Crippen molar-refractivity contribution in [1.29, 1.82) is 0 Å². The Hall–Kier alpha value is -1.09. The summed E-state index contributed by atoms with van der Waals surface area (Å²) in [6.45, 7) is 1.97. The molecule has 1 N–H and O–H groups in total. The van der Waals surface area contributed by atoms with Crippen molar-refractivity contribution in [1.82, 2.24) is 0 Å². The molecule has 0 bridgehead atoms. The molecule has 0 heterocycles. The van der Waals surface area contributed by atoms with E-state index in [1.54, 1.807) is 6.07 Å². The number of aromatic hydroxyl groups is 1. The molecular weight excluding hydrogens is 303 g/mol. The highest BCUT2D eigenvalue weighted by molar-refractivity contribution is 6.32. The van der Waals surface area contributed by atoms with E-state index in [-0.39, 0.29) is 17.5 Å². The number of benzene rings is 1. The Balaban J connectivity index is 1.74. The summed E-state index contributed by atoms with van der Waals surface area (Å²) >= 11 is 6.10. The first-order valence-electron chi connectivity index (χ1n) is 8.11. The zero-order chi connectivity index (χ0) is 15.6. The number of aryl methyl sites for hydroxylation is 1. The number of carbonyl (C=O) groups excluding carboxylic acids is 1. The van der Waals surface area contributed by atoms with Crippen molar-refractivity contribution >= 4 is 17.4 Å². The van der Waals surface area contributed by atoms with E-state index in [2.05, 4.69) is 0 Å². The summed E-state index contributed by atoms with van der Waals surface area (Å²) in [7, 11) is 0. The van der Waals surface area contributed by atoms with Crippen LogP contribution in [-0.4, -0.2) is 17.1 Å². The van der Waals surface area contributed by atoms with Gasteiger partial charge in [0, 0.05) is 5.41 Å². The Morgan fingerprint density at radius 3 is 2.91 bits per heavy atom. The molecular formula is C18H20ClFO2. The third-order valence-corrected chi connectivity index (χ3v) is 6.79. The Bertz CT molecular complexity index is 659. The minimum absolute atomic E-state index is 0.138. The van der Waals surface area contributed by atoms with Gasteiger partial charge in [-0.25, -0.2) is 4.39 Å². The van der Waals surface area contributed by atoms with Crippen molar-refractivity contribution in [2.75, 3.05) is 0 Å². The Labute approximate surface area is 134 Å². The monoisotopic (exact) mass is 322 g/mol. The molecule has 2 nitrogen and oxygen atoms in total. The van der Waals surface area contributed by atoms with Crippen molar-refractivity contribution in [3.8, 4) is 5.75 Å². The van der Waals surface area contributed by atoms with Gasteiger partial charge in [-0.3, -0.25) is 4.79 Å². The van der Waals surface area contributed by atoms with Gasteiger partial charge in [0.15, 0.2) is 12.0 Å². The number of alkyl halides is 1. The molecule has 1 aromatic rings. The molecule has 5 atom stereocenters. The van der Waals surface area contributed by atoms with Gasteiger partial charge in [0.2, 0.25) is 0 Å². The summed E-state index contributed by atoms with van der Waals surface area (Å²) in [4.78, 5) is 12.3. The maximum Gasteiger partial charge on any atom is 0.173 e. The van der Waals surface area contributed by atoms with Gasteiger partial charge in [-0.15, -0.1) is 0 Å². The molecule has 0 aromatic heterocycles. The molecule has 22 heavy (non-hydrogen) atoms. The van der Waals surface area contributed by atoms with E-state index in [0.29, 0.717) is 23.3 Å². The first kappa shape index (κ1) is 14.5. The Morgan fingerprint density at radius 2 is 2.14 bits per heavy atom. The second kappa shape index (κ2) is 4.70. The standard InChI is InChI=1S/C18H20ClFO2/c1-18-5-4-10-11(13(18)8-15(20)17(18)22)3-2-9-6-16(21)14(19)7-12(9)10/h6-7,10-11,13,15,21H,2-5,8H2,1H3/t10-,11+,13-,15?,18-/m0/s1. The molecule has 0 saturated heterocycles. The molecule has 0 amide bonds. The van der Waals surface area contributed by atoms with Gasteiger partial charge in [-0.1, -0.05) is 18.5 Å². The van der Waals surface area contributed by atoms with Crippen molar-refractivity contribution < 1.29 is 14.3 Å². The van der Waals surface area contributed by atoms with Crippen molar-refractivity contribution in [3.05, 3.63) is 28.3 Å². The Kier molecular flexibility index (Phi) is 3.10. The van der Waals surface area contributed by atoms with Crippen LogP contribution in [0.15, 0.2) is 12.1 Å². The van der Waals surface area contributed by atoms with Gasteiger partial charge in [-0.05, 0) is 73.1 Å². The first-order chi connectivity index (χ1) is 10.4. The van der Waals surface area contributed by atoms with Crippen molar-refractivity contribution in [2.24, 2.45) is 17.3 Å². The average Bonchev–Trinajstić information content (AvgIpc) is 2.72. The maximum absolute atomic E-state index is 14.0. The lowest BCUT2D eigenvalue weighted by Gasteiger charge is -2.48. The summed E-state index contributed by atoms with van der Waals surface area (Å²) in [6.07, 6.45) is 2.62. The summed E-state index contributed by atoms with van der Waals surface area (Å²) in [5.74, 6) is 0.814. The predicted molar refractivity (Wildman–Crippen MR) is 83.0 cm³/mol. The van der Waals surface area contributed by atoms with E-state index >= 15 is 0 Å². The van der Waals surface area contributed by atoms with E-state index in [4.69, 9.17) is 11.6 Å². The van der Waals surface area contributed by atoms with E-state index in [0.717, 1.165) is 31.2 Å². The fourth-order valence-corrected chi connectivity index (χ4v) is 5.50. The number of phenolic OH excluding ortho intramolecular Hbond substituents is 1. The minimum Gasteiger partial charge on any atom is -0.506 e. The van der Waals surface area contributed by atoms with Crippen LogP contribution >= 0.6 is 11.6 Å². The largest absolute Gasteiger partial charge is 0.506 e. The van der Waals surface area contributed by atoms with Gasteiger partial charge in [0.25, 0.3) is 0 Å². The quantitative estimate of drug-likeness (QED) is 0.767. The minimum atomic E-state index is -1.28. The van der Waals surface area contributed by atoms with Crippen molar-refractivity contribution in [3.63, 3.8) is 0 Å². The second-order valence-corrected chi connectivity index (χ2v) is 7.85. The molecule has 2 fully saturated rings. The zero-order valence-corrected chi connectivity index (χ0v) is 13.4. The van der Waals surface area contributed by atoms with Crippen LogP contribution in [0.25, 0.3) is 0 Å². The molecule has 4 rings (SSSR count). The summed E-state index contributed by atoms with van der Waals surface area (Å²) in [5, 5.41) is 10.2. The van der Waals surface area contributed by atoms with Crippen LogP contribution in [0.4, 0.5) is 4.39 Å². The van der Waals surface area contributed by atoms with E-state index in [1.165, 1.54) is 5.56 Å². The van der Waals surface area contributed by atoms with E-state index in [9.17, 15) is 14.3 Å². The summed E-state index contributed by atoms with van der Waals surface area (Å²) in [6, 6.07) is 3.66. The SMILES string of the molecule is C[C@]12CC[C@@H]3c4cc(Cl)c(O)cc4CC[C@H]3[C@@H]1CC(F)C2=O. The smallest absolute Gasteiger partial charge is 0.173 e. The molecule has 1 aromatic carbocycles. The highest BCUT2D eigenvalue weighted by atomic mass is 35.5. The molecule has 0 aliphatic heterocycles. The molecule has 0 radical (unpaired) electrons. The number of hydrogen-bond donors (Lipinski definition) is 1. The zero-order valence-electron chi connectivity index (χ0n) is 12.6. The number of ketones is 1. The number of Topliss-reactive ketones (excluding diaryl/α,β-unsaturated/α-hetero) is 1. The van der Waals surface area contributed by atoms with E-state index in [1.807, 2.05) is 13.0 Å². The lowest BCUT2D eigenvalue weighted by molar-refractivity contribution is -0.132. The van der Waals surface area contributed by atoms with Crippen LogP contribution < -0.4 is 0 Å². The third kappa shape index (κ3) is 1.81. The molecule has 3 aliphatic carbocycles. The highest BCUT2D eigenvalue weighted by Gasteiger charge is 2.58. The lowest BCUT2D eigenvalue weighted by atomic mass is 9.55. The van der Waals surface area contributed by atoms with Gasteiger partial charge in [-0.2, -0.15) is 0 Å². The number of fused-ring (bicyclic) bond motifs is 5. The fraction of sp³-hybridized carbons (Fsp3) is 0.611. The topological polar surface area (TPSA) is 37.3 Å². The van der Waals surface area contributed by atoms with Gasteiger partial charge in [0.1, 0.15) is 5.75 Å². The molecule has 2 saturated carbocycles.